The van der Waals surface area contributed by atoms with E-state index in [1.165, 1.54) is 11.8 Å². The Morgan fingerprint density at radius 2 is 1.94 bits per heavy atom. The van der Waals surface area contributed by atoms with Gasteiger partial charge in [0.05, 0.1) is 5.25 Å². The summed E-state index contributed by atoms with van der Waals surface area (Å²) in [7, 11) is 0. The lowest BCUT2D eigenvalue weighted by Gasteiger charge is -2.10. The Morgan fingerprint density at radius 1 is 1.35 bits per heavy atom. The van der Waals surface area contributed by atoms with Crippen molar-refractivity contribution in [3.05, 3.63) is 0 Å². The molecule has 1 amide bonds. The summed E-state index contributed by atoms with van der Waals surface area (Å²) < 4.78 is 0. The van der Waals surface area contributed by atoms with Crippen LogP contribution in [-0.4, -0.2) is 32.7 Å². The van der Waals surface area contributed by atoms with E-state index < -0.39 is 0 Å². The van der Waals surface area contributed by atoms with E-state index in [2.05, 4.69) is 20.3 Å². The van der Waals surface area contributed by atoms with Crippen molar-refractivity contribution >= 4 is 29.6 Å². The number of carbonyl (C=O) groups excluding carboxylic acids is 1. The van der Waals surface area contributed by atoms with Crippen LogP contribution in [0.1, 0.15) is 20.3 Å². The highest BCUT2D eigenvalue weighted by molar-refractivity contribution is 8.00. The van der Waals surface area contributed by atoms with Gasteiger partial charge in [0.15, 0.2) is 5.16 Å². The molecular weight excluding hydrogens is 240 g/mol. The molecule has 0 bridgehead atoms. The molecule has 0 aliphatic rings. The fourth-order valence-corrected chi connectivity index (χ4v) is 1.84. The first-order chi connectivity index (χ1) is 8.02. The maximum Gasteiger partial charge on any atom is 0.233 e. The number of aromatic nitrogens is 3. The second-order valence-corrected chi connectivity index (χ2v) is 4.69. The third-order valence-electron chi connectivity index (χ3n) is 1.85. The number of anilines is 2. The average molecular weight is 256 g/mol. The lowest BCUT2D eigenvalue weighted by atomic mass is 10.4. The number of nitrogen functional groups attached to an aromatic ring is 2. The van der Waals surface area contributed by atoms with E-state index in [1.807, 2.05) is 6.92 Å². The summed E-state index contributed by atoms with van der Waals surface area (Å²) in [5, 5.41) is 2.84. The van der Waals surface area contributed by atoms with E-state index in [0.717, 1.165) is 6.42 Å². The van der Waals surface area contributed by atoms with E-state index >= 15 is 0 Å². The Kier molecular flexibility index (Phi) is 4.95. The third kappa shape index (κ3) is 4.43. The smallest absolute Gasteiger partial charge is 0.233 e. The molecule has 8 heteroatoms. The van der Waals surface area contributed by atoms with Gasteiger partial charge in [-0.15, -0.1) is 0 Å². The molecule has 0 unspecified atom stereocenters. The maximum atomic E-state index is 11.6. The van der Waals surface area contributed by atoms with E-state index in [1.54, 1.807) is 6.92 Å². The number of hydrogen-bond acceptors (Lipinski definition) is 7. The number of amides is 1. The predicted molar refractivity (Wildman–Crippen MR) is 67.3 cm³/mol. The summed E-state index contributed by atoms with van der Waals surface area (Å²) in [6, 6.07) is 0. The molecule has 7 nitrogen and oxygen atoms in total. The molecule has 0 spiro atoms. The quantitative estimate of drug-likeness (QED) is 0.636. The molecule has 0 aromatic carbocycles. The average Bonchev–Trinajstić information content (AvgIpc) is 2.24. The third-order valence-corrected chi connectivity index (χ3v) is 2.81. The lowest BCUT2D eigenvalue weighted by molar-refractivity contribution is -0.120. The van der Waals surface area contributed by atoms with Gasteiger partial charge in [-0.1, -0.05) is 18.7 Å². The van der Waals surface area contributed by atoms with Crippen LogP contribution in [0, 0.1) is 0 Å². The van der Waals surface area contributed by atoms with Gasteiger partial charge in [-0.3, -0.25) is 4.79 Å². The number of thioether (sulfide) groups is 1. The van der Waals surface area contributed by atoms with Crippen LogP contribution in [0.5, 0.6) is 0 Å². The van der Waals surface area contributed by atoms with Crippen molar-refractivity contribution in [1.82, 2.24) is 20.3 Å². The van der Waals surface area contributed by atoms with Crippen LogP contribution in [0.2, 0.25) is 0 Å². The topological polar surface area (TPSA) is 120 Å². The van der Waals surface area contributed by atoms with Gasteiger partial charge in [0.2, 0.25) is 17.8 Å². The Hall–Kier alpha value is -1.57. The van der Waals surface area contributed by atoms with Gasteiger partial charge in [-0.05, 0) is 13.3 Å². The second-order valence-electron chi connectivity index (χ2n) is 3.39. The molecule has 1 heterocycles. The van der Waals surface area contributed by atoms with Gasteiger partial charge in [-0.2, -0.15) is 15.0 Å². The van der Waals surface area contributed by atoms with E-state index in [9.17, 15) is 4.79 Å². The van der Waals surface area contributed by atoms with Gasteiger partial charge in [0.1, 0.15) is 0 Å². The first kappa shape index (κ1) is 13.5. The van der Waals surface area contributed by atoms with E-state index in [4.69, 9.17) is 11.5 Å². The van der Waals surface area contributed by atoms with Gasteiger partial charge in [0, 0.05) is 6.54 Å². The Labute approximate surface area is 104 Å². The molecule has 94 valence electrons. The van der Waals surface area contributed by atoms with Gasteiger partial charge in [0.25, 0.3) is 0 Å². The zero-order valence-corrected chi connectivity index (χ0v) is 10.6. The zero-order valence-electron chi connectivity index (χ0n) is 9.80. The molecule has 1 aromatic rings. The number of carbonyl (C=O) groups is 1. The summed E-state index contributed by atoms with van der Waals surface area (Å²) >= 11 is 1.20. The van der Waals surface area contributed by atoms with Crippen molar-refractivity contribution in [3.63, 3.8) is 0 Å². The second kappa shape index (κ2) is 6.24. The summed E-state index contributed by atoms with van der Waals surface area (Å²) in [5.74, 6) is 0.0525. The van der Waals surface area contributed by atoms with E-state index in [-0.39, 0.29) is 23.1 Å². The molecule has 1 rings (SSSR count). The molecule has 0 saturated carbocycles. The number of rotatable bonds is 5. The minimum absolute atomic E-state index is 0.0566. The van der Waals surface area contributed by atoms with Crippen LogP contribution in [0.15, 0.2) is 5.16 Å². The molecule has 1 aromatic heterocycles. The highest BCUT2D eigenvalue weighted by Crippen LogP contribution is 2.20. The van der Waals surface area contributed by atoms with Crippen LogP contribution in [0.25, 0.3) is 0 Å². The fraction of sp³-hybridized carbons (Fsp3) is 0.556. The Morgan fingerprint density at radius 3 is 2.47 bits per heavy atom. The zero-order chi connectivity index (χ0) is 12.8. The summed E-state index contributed by atoms with van der Waals surface area (Å²) in [6.45, 7) is 4.42. The predicted octanol–water partition coefficient (Wildman–Crippen LogP) is 0.0428. The Balaban J connectivity index is 2.60. The summed E-state index contributed by atoms with van der Waals surface area (Å²) in [4.78, 5) is 23.1. The van der Waals surface area contributed by atoms with Crippen molar-refractivity contribution in [2.24, 2.45) is 0 Å². The monoisotopic (exact) mass is 256 g/mol. The van der Waals surface area contributed by atoms with Crippen molar-refractivity contribution in [3.8, 4) is 0 Å². The summed E-state index contributed by atoms with van der Waals surface area (Å²) in [6.07, 6.45) is 0.898. The molecule has 5 N–H and O–H groups in total. The van der Waals surface area contributed by atoms with Crippen molar-refractivity contribution in [2.75, 3.05) is 18.0 Å². The number of nitrogens with two attached hydrogens (primary N) is 2. The highest BCUT2D eigenvalue weighted by Gasteiger charge is 2.16. The van der Waals surface area contributed by atoms with Crippen LogP contribution >= 0.6 is 11.8 Å². The first-order valence-corrected chi connectivity index (χ1v) is 6.12. The highest BCUT2D eigenvalue weighted by atomic mass is 32.2. The normalized spacial score (nSPS) is 12.1. The SMILES string of the molecule is CCCNC(=O)[C@@H](C)Sc1nc(N)nc(N)n1. The van der Waals surface area contributed by atoms with Crippen molar-refractivity contribution in [2.45, 2.75) is 30.7 Å². The summed E-state index contributed by atoms with van der Waals surface area (Å²) in [5.41, 5.74) is 10.9. The molecule has 17 heavy (non-hydrogen) atoms. The van der Waals surface area contributed by atoms with E-state index in [0.29, 0.717) is 11.7 Å². The van der Waals surface area contributed by atoms with Gasteiger partial charge < -0.3 is 16.8 Å². The lowest BCUT2D eigenvalue weighted by Crippen LogP contribution is -2.31. The molecule has 0 aliphatic carbocycles. The minimum atomic E-state index is -0.303. The van der Waals surface area contributed by atoms with Crippen molar-refractivity contribution < 1.29 is 4.79 Å². The standard InChI is InChI=1S/C9H16N6OS/c1-3-4-12-6(16)5(2)17-9-14-7(10)13-8(11)15-9/h5H,3-4H2,1-2H3,(H,12,16)(H4,10,11,13,14,15)/t5-/m1/s1. The van der Waals surface area contributed by atoms with Crippen molar-refractivity contribution in [1.29, 1.82) is 0 Å². The number of hydrogen-bond donors (Lipinski definition) is 3. The van der Waals surface area contributed by atoms with Gasteiger partial charge >= 0.3 is 0 Å². The first-order valence-electron chi connectivity index (χ1n) is 5.24. The minimum Gasteiger partial charge on any atom is -0.368 e. The van der Waals surface area contributed by atoms with Gasteiger partial charge in [-0.25, -0.2) is 0 Å². The fourth-order valence-electron chi connectivity index (χ4n) is 1.04. The molecule has 0 fully saturated rings. The molecule has 0 aliphatic heterocycles. The number of nitrogens with zero attached hydrogens (tertiary/aromatic N) is 3. The molecular formula is C9H16N6OS. The van der Waals surface area contributed by atoms with Crippen LogP contribution < -0.4 is 16.8 Å². The largest absolute Gasteiger partial charge is 0.368 e. The van der Waals surface area contributed by atoms with Crippen LogP contribution in [0.3, 0.4) is 0 Å². The molecule has 0 saturated heterocycles. The number of nitrogens with one attached hydrogen (secondary N) is 1. The molecule has 0 radical (unpaired) electrons. The Bertz CT molecular complexity index is 379. The maximum absolute atomic E-state index is 11.6. The molecule has 1 atom stereocenters. The van der Waals surface area contributed by atoms with Crippen LogP contribution in [-0.2, 0) is 4.79 Å². The van der Waals surface area contributed by atoms with Crippen LogP contribution in [0.4, 0.5) is 11.9 Å².